The first kappa shape index (κ1) is 9.32. The van der Waals surface area contributed by atoms with Gasteiger partial charge in [-0.2, -0.15) is 14.9 Å². The fraction of sp³-hybridized carbons (Fsp3) is 0.111. The molecule has 0 unspecified atom stereocenters. The van der Waals surface area contributed by atoms with Gasteiger partial charge in [0.25, 0.3) is 0 Å². The van der Waals surface area contributed by atoms with Gasteiger partial charge in [-0.25, -0.2) is 9.89 Å². The summed E-state index contributed by atoms with van der Waals surface area (Å²) in [7, 11) is 0. The van der Waals surface area contributed by atoms with Crippen molar-refractivity contribution in [3.8, 4) is 0 Å². The Morgan fingerprint density at radius 1 is 1.47 bits per heavy atom. The molecule has 0 radical (unpaired) electrons. The molecule has 0 amide bonds. The van der Waals surface area contributed by atoms with Gasteiger partial charge in [-0.3, -0.25) is 4.98 Å². The lowest BCUT2D eigenvalue weighted by atomic mass is 10.3. The number of nitrogens with one attached hydrogen (secondary N) is 1. The maximum Gasteiger partial charge on any atom is 0.364 e. The normalized spacial score (nSPS) is 11.0. The highest BCUT2D eigenvalue weighted by molar-refractivity contribution is 5.78. The molecule has 0 aromatic carbocycles. The van der Waals surface area contributed by atoms with Crippen LogP contribution in [0.3, 0.4) is 0 Å². The molecule has 0 aliphatic rings. The van der Waals surface area contributed by atoms with Crippen LogP contribution in [0.5, 0.6) is 0 Å². The number of rotatable bonds is 2. The van der Waals surface area contributed by atoms with E-state index >= 15 is 0 Å². The summed E-state index contributed by atoms with van der Waals surface area (Å²) in [5.74, 6) is 0.519. The maximum absolute atomic E-state index is 11.2. The SMILES string of the molecule is Cc1n[nH]c(=O)n1/N=C/c1ccncc1. The van der Waals surface area contributed by atoms with Crippen molar-refractivity contribution < 1.29 is 0 Å². The Morgan fingerprint density at radius 3 is 2.80 bits per heavy atom. The topological polar surface area (TPSA) is 75.9 Å². The van der Waals surface area contributed by atoms with Crippen molar-refractivity contribution in [2.45, 2.75) is 6.92 Å². The minimum absolute atomic E-state index is 0.349. The summed E-state index contributed by atoms with van der Waals surface area (Å²) in [4.78, 5) is 15.1. The zero-order valence-corrected chi connectivity index (χ0v) is 8.08. The van der Waals surface area contributed by atoms with E-state index in [0.717, 1.165) is 5.56 Å². The van der Waals surface area contributed by atoms with E-state index in [4.69, 9.17) is 0 Å². The number of aromatic amines is 1. The third-order valence-electron chi connectivity index (χ3n) is 1.84. The number of hydrogen-bond donors (Lipinski definition) is 1. The summed E-state index contributed by atoms with van der Waals surface area (Å²) < 4.78 is 1.19. The van der Waals surface area contributed by atoms with Crippen LogP contribution in [-0.4, -0.2) is 26.1 Å². The minimum atomic E-state index is -0.349. The lowest BCUT2D eigenvalue weighted by Gasteiger charge is -1.92. The lowest BCUT2D eigenvalue weighted by Crippen LogP contribution is -2.13. The standard InChI is InChI=1S/C9H9N5O/c1-7-12-13-9(15)14(7)11-6-8-2-4-10-5-3-8/h2-6H,1H3,(H,13,15)/b11-6+. The van der Waals surface area contributed by atoms with Crippen LogP contribution in [0.2, 0.25) is 0 Å². The number of aromatic nitrogens is 4. The fourth-order valence-corrected chi connectivity index (χ4v) is 1.08. The smallest absolute Gasteiger partial charge is 0.265 e. The van der Waals surface area contributed by atoms with Crippen molar-refractivity contribution in [3.05, 3.63) is 46.4 Å². The van der Waals surface area contributed by atoms with Crippen LogP contribution >= 0.6 is 0 Å². The summed E-state index contributed by atoms with van der Waals surface area (Å²) in [6.45, 7) is 1.70. The highest BCUT2D eigenvalue weighted by Crippen LogP contribution is 1.92. The van der Waals surface area contributed by atoms with E-state index in [0.29, 0.717) is 5.82 Å². The molecule has 2 aromatic rings. The molecule has 6 heteroatoms. The van der Waals surface area contributed by atoms with Gasteiger partial charge in [-0.05, 0) is 24.6 Å². The summed E-state index contributed by atoms with van der Waals surface area (Å²) >= 11 is 0. The molecule has 1 N–H and O–H groups in total. The first-order chi connectivity index (χ1) is 7.27. The third-order valence-corrected chi connectivity index (χ3v) is 1.84. The van der Waals surface area contributed by atoms with Gasteiger partial charge in [0.05, 0.1) is 6.21 Å². The average Bonchev–Trinajstić information content (AvgIpc) is 2.58. The van der Waals surface area contributed by atoms with E-state index < -0.39 is 0 Å². The molecule has 0 bridgehead atoms. The fourth-order valence-electron chi connectivity index (χ4n) is 1.08. The molecule has 0 aliphatic carbocycles. The van der Waals surface area contributed by atoms with Crippen LogP contribution in [-0.2, 0) is 0 Å². The Morgan fingerprint density at radius 2 is 2.20 bits per heavy atom. The number of hydrogen-bond acceptors (Lipinski definition) is 4. The van der Waals surface area contributed by atoms with Gasteiger partial charge in [-0.15, -0.1) is 0 Å². The zero-order chi connectivity index (χ0) is 10.7. The third kappa shape index (κ3) is 1.98. The maximum atomic E-state index is 11.2. The molecular weight excluding hydrogens is 194 g/mol. The monoisotopic (exact) mass is 203 g/mol. The molecule has 2 rings (SSSR count). The first-order valence-corrected chi connectivity index (χ1v) is 4.36. The quantitative estimate of drug-likeness (QED) is 0.706. The zero-order valence-electron chi connectivity index (χ0n) is 8.08. The number of nitrogens with zero attached hydrogens (tertiary/aromatic N) is 4. The highest BCUT2D eigenvalue weighted by atomic mass is 16.2. The molecule has 0 aliphatic heterocycles. The minimum Gasteiger partial charge on any atom is -0.265 e. The van der Waals surface area contributed by atoms with E-state index in [1.165, 1.54) is 4.68 Å². The molecular formula is C9H9N5O. The molecule has 76 valence electrons. The molecule has 2 heterocycles. The van der Waals surface area contributed by atoms with E-state index in [2.05, 4.69) is 20.3 Å². The van der Waals surface area contributed by atoms with Crippen molar-refractivity contribution in [1.82, 2.24) is 19.9 Å². The summed E-state index contributed by atoms with van der Waals surface area (Å²) in [5.41, 5.74) is 0.523. The second-order valence-corrected chi connectivity index (χ2v) is 2.91. The second-order valence-electron chi connectivity index (χ2n) is 2.91. The molecule has 0 saturated heterocycles. The molecule has 0 saturated carbocycles. The molecule has 0 atom stereocenters. The Balaban J connectivity index is 2.30. The van der Waals surface area contributed by atoms with Crippen LogP contribution in [0, 0.1) is 6.92 Å². The van der Waals surface area contributed by atoms with Crippen molar-refractivity contribution in [1.29, 1.82) is 0 Å². The van der Waals surface area contributed by atoms with Gasteiger partial charge in [-0.1, -0.05) is 0 Å². The molecule has 2 aromatic heterocycles. The van der Waals surface area contributed by atoms with Gasteiger partial charge < -0.3 is 0 Å². The second kappa shape index (κ2) is 3.87. The van der Waals surface area contributed by atoms with Crippen LogP contribution < -0.4 is 5.69 Å². The molecule has 0 spiro atoms. The van der Waals surface area contributed by atoms with Gasteiger partial charge >= 0.3 is 5.69 Å². The van der Waals surface area contributed by atoms with E-state index in [9.17, 15) is 4.79 Å². The van der Waals surface area contributed by atoms with Gasteiger partial charge in [0.15, 0.2) is 5.82 Å². The number of aryl methyl sites for hydroxylation is 1. The lowest BCUT2D eigenvalue weighted by molar-refractivity contribution is 0.800. The van der Waals surface area contributed by atoms with Crippen LogP contribution in [0.25, 0.3) is 0 Å². The Bertz CT molecular complexity index is 525. The van der Waals surface area contributed by atoms with E-state index in [-0.39, 0.29) is 5.69 Å². The van der Waals surface area contributed by atoms with Crippen molar-refractivity contribution >= 4 is 6.21 Å². The van der Waals surface area contributed by atoms with E-state index in [1.807, 2.05) is 0 Å². The Labute approximate surface area is 85.3 Å². The molecule has 15 heavy (non-hydrogen) atoms. The van der Waals surface area contributed by atoms with Crippen LogP contribution in [0.1, 0.15) is 11.4 Å². The number of pyridine rings is 1. The van der Waals surface area contributed by atoms with Crippen molar-refractivity contribution in [3.63, 3.8) is 0 Å². The summed E-state index contributed by atoms with van der Waals surface area (Å²) in [6, 6.07) is 3.59. The Kier molecular flexibility index (Phi) is 2.40. The van der Waals surface area contributed by atoms with Crippen LogP contribution in [0.4, 0.5) is 0 Å². The van der Waals surface area contributed by atoms with Crippen molar-refractivity contribution in [2.24, 2.45) is 5.10 Å². The average molecular weight is 203 g/mol. The predicted octanol–water partition coefficient (Wildman–Crippen LogP) is 0.157. The molecule has 0 fully saturated rings. The van der Waals surface area contributed by atoms with Gasteiger partial charge in [0, 0.05) is 12.4 Å². The molecule has 6 nitrogen and oxygen atoms in total. The van der Waals surface area contributed by atoms with Crippen LogP contribution in [0.15, 0.2) is 34.4 Å². The van der Waals surface area contributed by atoms with E-state index in [1.54, 1.807) is 37.7 Å². The predicted molar refractivity (Wildman–Crippen MR) is 54.8 cm³/mol. The highest BCUT2D eigenvalue weighted by Gasteiger charge is 1.99. The first-order valence-electron chi connectivity index (χ1n) is 4.36. The van der Waals surface area contributed by atoms with Gasteiger partial charge in [0.1, 0.15) is 0 Å². The Hall–Kier alpha value is -2.24. The van der Waals surface area contributed by atoms with Crippen molar-refractivity contribution in [2.75, 3.05) is 0 Å². The largest absolute Gasteiger partial charge is 0.364 e. The summed E-state index contributed by atoms with van der Waals surface area (Å²) in [6.07, 6.45) is 4.89. The number of H-pyrrole nitrogens is 1. The summed E-state index contributed by atoms with van der Waals surface area (Å²) in [5, 5.41) is 10.0. The van der Waals surface area contributed by atoms with Gasteiger partial charge in [0.2, 0.25) is 0 Å².